The molecule has 2 unspecified atom stereocenters. The summed E-state index contributed by atoms with van der Waals surface area (Å²) in [6.07, 6.45) is 5.09. The number of rotatable bonds is 6. The Kier molecular flexibility index (Phi) is 5.54. The van der Waals surface area contributed by atoms with Gasteiger partial charge in [0.05, 0.1) is 5.60 Å². The molecular weight excluding hydrogens is 252 g/mol. The van der Waals surface area contributed by atoms with Crippen molar-refractivity contribution >= 4 is 0 Å². The molecule has 0 bridgehead atoms. The van der Waals surface area contributed by atoms with Gasteiger partial charge in [0.15, 0.2) is 0 Å². The minimum atomic E-state index is -2.39. The number of ether oxygens (including phenoxy) is 2. The molecule has 2 atom stereocenters. The predicted octanol–water partition coefficient (Wildman–Crippen LogP) is 2.72. The van der Waals surface area contributed by atoms with Gasteiger partial charge in [0, 0.05) is 19.3 Å². The first-order chi connectivity index (χ1) is 9.11. The van der Waals surface area contributed by atoms with E-state index in [0.29, 0.717) is 18.9 Å². The average Bonchev–Trinajstić information content (AvgIpc) is 2.82. The van der Waals surface area contributed by atoms with Crippen LogP contribution in [-0.2, 0) is 9.47 Å². The van der Waals surface area contributed by atoms with Crippen molar-refractivity contribution in [3.05, 3.63) is 0 Å². The van der Waals surface area contributed by atoms with Gasteiger partial charge in [-0.05, 0) is 38.0 Å². The molecule has 3 nitrogen and oxygen atoms in total. The van der Waals surface area contributed by atoms with Crippen LogP contribution in [0.25, 0.3) is 0 Å². The standard InChI is InChI=1S/C14H25F2NO2/c15-13(16)10-18-7-4-12(17)11-3-8-19-14(9-11)5-1-2-6-14/h11-13H,1-10,17H2. The van der Waals surface area contributed by atoms with Crippen LogP contribution in [0.3, 0.4) is 0 Å². The van der Waals surface area contributed by atoms with E-state index in [1.165, 1.54) is 12.8 Å². The second-order valence-corrected chi connectivity index (χ2v) is 5.91. The number of nitrogens with two attached hydrogens (primary N) is 1. The number of hydrogen-bond donors (Lipinski definition) is 1. The van der Waals surface area contributed by atoms with Crippen LogP contribution in [0.2, 0.25) is 0 Å². The van der Waals surface area contributed by atoms with Crippen LogP contribution in [0.5, 0.6) is 0 Å². The van der Waals surface area contributed by atoms with Gasteiger partial charge in [-0.15, -0.1) is 0 Å². The molecule has 0 aromatic carbocycles. The molecule has 1 aliphatic heterocycles. The highest BCUT2D eigenvalue weighted by molar-refractivity contribution is 4.93. The fourth-order valence-corrected chi connectivity index (χ4v) is 3.43. The van der Waals surface area contributed by atoms with E-state index in [2.05, 4.69) is 0 Å². The fourth-order valence-electron chi connectivity index (χ4n) is 3.43. The Labute approximate surface area is 113 Å². The molecule has 0 aromatic rings. The minimum Gasteiger partial charge on any atom is -0.375 e. The monoisotopic (exact) mass is 277 g/mol. The Hall–Kier alpha value is -0.260. The van der Waals surface area contributed by atoms with Crippen LogP contribution in [0, 0.1) is 5.92 Å². The van der Waals surface area contributed by atoms with Gasteiger partial charge in [-0.2, -0.15) is 0 Å². The fraction of sp³-hybridized carbons (Fsp3) is 1.00. The summed E-state index contributed by atoms with van der Waals surface area (Å²) in [5.41, 5.74) is 6.27. The third-order valence-electron chi connectivity index (χ3n) is 4.49. The summed E-state index contributed by atoms with van der Waals surface area (Å²) in [6.45, 7) is 0.635. The van der Waals surface area contributed by atoms with Gasteiger partial charge in [-0.25, -0.2) is 8.78 Å². The zero-order chi connectivity index (χ0) is 13.7. The van der Waals surface area contributed by atoms with Crippen molar-refractivity contribution in [2.75, 3.05) is 19.8 Å². The average molecular weight is 277 g/mol. The van der Waals surface area contributed by atoms with E-state index in [0.717, 1.165) is 32.3 Å². The Morgan fingerprint density at radius 3 is 2.74 bits per heavy atom. The lowest BCUT2D eigenvalue weighted by molar-refractivity contribution is -0.0974. The van der Waals surface area contributed by atoms with E-state index in [1.807, 2.05) is 0 Å². The van der Waals surface area contributed by atoms with Gasteiger partial charge >= 0.3 is 0 Å². The molecule has 112 valence electrons. The van der Waals surface area contributed by atoms with Crippen LogP contribution >= 0.6 is 0 Å². The first kappa shape index (κ1) is 15.1. The lowest BCUT2D eigenvalue weighted by Crippen LogP contribution is -2.44. The topological polar surface area (TPSA) is 44.5 Å². The lowest BCUT2D eigenvalue weighted by Gasteiger charge is -2.40. The molecule has 0 aromatic heterocycles. The molecule has 2 fully saturated rings. The summed E-state index contributed by atoms with van der Waals surface area (Å²) in [5.74, 6) is 0.446. The molecule has 1 saturated carbocycles. The molecule has 1 aliphatic carbocycles. The first-order valence-corrected chi connectivity index (χ1v) is 7.37. The van der Waals surface area contributed by atoms with E-state index < -0.39 is 13.0 Å². The van der Waals surface area contributed by atoms with Crippen molar-refractivity contribution in [2.24, 2.45) is 11.7 Å². The Bertz CT molecular complexity index is 270. The summed E-state index contributed by atoms with van der Waals surface area (Å²) < 4.78 is 34.8. The van der Waals surface area contributed by atoms with Gasteiger partial charge in [0.1, 0.15) is 6.61 Å². The van der Waals surface area contributed by atoms with Gasteiger partial charge in [0.2, 0.25) is 0 Å². The highest BCUT2D eigenvalue weighted by atomic mass is 19.3. The third kappa shape index (κ3) is 4.36. The Morgan fingerprint density at radius 1 is 1.32 bits per heavy atom. The summed E-state index contributed by atoms with van der Waals surface area (Å²) in [7, 11) is 0. The summed E-state index contributed by atoms with van der Waals surface area (Å²) in [6, 6.07) is 0.0408. The van der Waals surface area contributed by atoms with E-state index in [4.69, 9.17) is 15.2 Å². The lowest BCUT2D eigenvalue weighted by atomic mass is 9.80. The van der Waals surface area contributed by atoms with Crippen molar-refractivity contribution in [3.63, 3.8) is 0 Å². The maximum Gasteiger partial charge on any atom is 0.261 e. The quantitative estimate of drug-likeness (QED) is 0.759. The van der Waals surface area contributed by atoms with Crippen molar-refractivity contribution in [3.8, 4) is 0 Å². The minimum absolute atomic E-state index is 0.0408. The third-order valence-corrected chi connectivity index (χ3v) is 4.49. The van der Waals surface area contributed by atoms with E-state index in [9.17, 15) is 8.78 Å². The molecule has 0 radical (unpaired) electrons. The van der Waals surface area contributed by atoms with E-state index in [1.54, 1.807) is 0 Å². The predicted molar refractivity (Wildman–Crippen MR) is 69.3 cm³/mol. The van der Waals surface area contributed by atoms with E-state index >= 15 is 0 Å². The summed E-state index contributed by atoms with van der Waals surface area (Å²) in [4.78, 5) is 0. The van der Waals surface area contributed by atoms with Crippen molar-refractivity contribution in [1.82, 2.24) is 0 Å². The molecule has 19 heavy (non-hydrogen) atoms. The highest BCUT2D eigenvalue weighted by Gasteiger charge is 2.41. The number of halogens is 2. The Balaban J connectivity index is 1.71. The van der Waals surface area contributed by atoms with E-state index in [-0.39, 0.29) is 11.6 Å². The summed E-state index contributed by atoms with van der Waals surface area (Å²) in [5, 5.41) is 0. The van der Waals surface area contributed by atoms with Gasteiger partial charge in [-0.1, -0.05) is 12.8 Å². The second kappa shape index (κ2) is 6.95. The van der Waals surface area contributed by atoms with Crippen molar-refractivity contribution < 1.29 is 18.3 Å². The molecule has 2 rings (SSSR count). The normalized spacial score (nSPS) is 28.1. The largest absolute Gasteiger partial charge is 0.375 e. The van der Waals surface area contributed by atoms with Crippen LogP contribution in [-0.4, -0.2) is 37.9 Å². The zero-order valence-corrected chi connectivity index (χ0v) is 11.5. The molecule has 2 N–H and O–H groups in total. The molecule has 1 spiro atoms. The van der Waals surface area contributed by atoms with Crippen LogP contribution < -0.4 is 5.73 Å². The number of alkyl halides is 2. The molecule has 1 saturated heterocycles. The van der Waals surface area contributed by atoms with Crippen LogP contribution in [0.15, 0.2) is 0 Å². The Morgan fingerprint density at radius 2 is 2.05 bits per heavy atom. The van der Waals surface area contributed by atoms with Gasteiger partial charge in [-0.3, -0.25) is 0 Å². The molecule has 0 amide bonds. The SMILES string of the molecule is NC(CCOCC(F)F)C1CCOC2(CCCC2)C1. The van der Waals surface area contributed by atoms with Crippen molar-refractivity contribution in [1.29, 1.82) is 0 Å². The van der Waals surface area contributed by atoms with Gasteiger partial charge in [0.25, 0.3) is 6.43 Å². The maximum absolute atomic E-state index is 11.9. The molecular formula is C14H25F2NO2. The van der Waals surface area contributed by atoms with Gasteiger partial charge < -0.3 is 15.2 Å². The molecule has 1 heterocycles. The van der Waals surface area contributed by atoms with Crippen LogP contribution in [0.1, 0.15) is 44.9 Å². The van der Waals surface area contributed by atoms with Crippen LogP contribution in [0.4, 0.5) is 8.78 Å². The second-order valence-electron chi connectivity index (χ2n) is 5.91. The maximum atomic E-state index is 11.9. The highest BCUT2D eigenvalue weighted by Crippen LogP contribution is 2.42. The molecule has 2 aliphatic rings. The smallest absolute Gasteiger partial charge is 0.261 e. The number of hydrogen-bond acceptors (Lipinski definition) is 3. The zero-order valence-electron chi connectivity index (χ0n) is 11.5. The molecule has 5 heteroatoms. The van der Waals surface area contributed by atoms with Crippen molar-refractivity contribution in [2.45, 2.75) is 63.0 Å². The first-order valence-electron chi connectivity index (χ1n) is 7.37. The summed E-state index contributed by atoms with van der Waals surface area (Å²) >= 11 is 0.